The van der Waals surface area contributed by atoms with Crippen molar-refractivity contribution in [3.63, 3.8) is 0 Å². The van der Waals surface area contributed by atoms with Crippen molar-refractivity contribution in [3.05, 3.63) is 77.4 Å². The summed E-state index contributed by atoms with van der Waals surface area (Å²) in [5.41, 5.74) is 7.44. The van der Waals surface area contributed by atoms with Crippen LogP contribution >= 0.6 is 0 Å². The molecule has 0 bridgehead atoms. The molecule has 1 amide bonds. The molecule has 4 aromatic rings. The molecule has 5 rings (SSSR count). The van der Waals surface area contributed by atoms with Gasteiger partial charge in [-0.05, 0) is 60.9 Å². The van der Waals surface area contributed by atoms with Gasteiger partial charge in [0.1, 0.15) is 5.82 Å². The number of nitrogens with one attached hydrogen (secondary N) is 2. The van der Waals surface area contributed by atoms with Crippen molar-refractivity contribution in [3.8, 4) is 11.4 Å². The molecule has 0 saturated heterocycles. The summed E-state index contributed by atoms with van der Waals surface area (Å²) >= 11 is 0. The van der Waals surface area contributed by atoms with E-state index in [1.807, 2.05) is 48.5 Å². The number of rotatable bonds is 6. The number of para-hydroxylation sites is 2. The van der Waals surface area contributed by atoms with Gasteiger partial charge < -0.3 is 25.4 Å². The van der Waals surface area contributed by atoms with Crippen LogP contribution in [0, 0.1) is 6.92 Å². The van der Waals surface area contributed by atoms with E-state index in [0.717, 1.165) is 44.9 Å². The normalized spacial score (nSPS) is 14.4. The number of aromatic amines is 1. The second-order valence-corrected chi connectivity index (χ2v) is 8.43. The molecule has 0 saturated carbocycles. The molecule has 1 unspecified atom stereocenters. The molecule has 168 valence electrons. The lowest BCUT2D eigenvalue weighted by Gasteiger charge is -2.31. The molecule has 7 heteroatoms. The van der Waals surface area contributed by atoms with Gasteiger partial charge in [-0.2, -0.15) is 0 Å². The van der Waals surface area contributed by atoms with Crippen molar-refractivity contribution in [2.24, 2.45) is 0 Å². The minimum atomic E-state index is -0.930. The molecular formula is C26H26N4O3. The van der Waals surface area contributed by atoms with E-state index in [1.54, 1.807) is 4.90 Å². The van der Waals surface area contributed by atoms with Gasteiger partial charge in [0.05, 0.1) is 23.7 Å². The third kappa shape index (κ3) is 4.08. The van der Waals surface area contributed by atoms with Gasteiger partial charge in [0.15, 0.2) is 0 Å². The summed E-state index contributed by atoms with van der Waals surface area (Å²) in [6.07, 6.45) is -0.258. The first-order valence-electron chi connectivity index (χ1n) is 11.1. The van der Waals surface area contributed by atoms with Crippen molar-refractivity contribution in [2.45, 2.75) is 19.4 Å². The highest BCUT2D eigenvalue weighted by molar-refractivity contribution is 5.98. The number of benzene rings is 3. The van der Waals surface area contributed by atoms with E-state index in [2.05, 4.69) is 29.4 Å². The fraction of sp³-hybridized carbons (Fsp3) is 0.231. The molecule has 0 fully saturated rings. The Bertz CT molecular complexity index is 1300. The highest BCUT2D eigenvalue weighted by atomic mass is 16.3. The first-order valence-corrected chi connectivity index (χ1v) is 11.1. The summed E-state index contributed by atoms with van der Waals surface area (Å²) in [5.74, 6) is 0.694. The molecule has 2 heterocycles. The predicted octanol–water partition coefficient (Wildman–Crippen LogP) is 3.63. The zero-order chi connectivity index (χ0) is 22.9. The summed E-state index contributed by atoms with van der Waals surface area (Å²) in [7, 11) is 0. The average Bonchev–Trinajstić information content (AvgIpc) is 3.26. The maximum atomic E-state index is 12.9. The molecule has 3 aromatic carbocycles. The fourth-order valence-electron chi connectivity index (χ4n) is 4.37. The van der Waals surface area contributed by atoms with E-state index in [9.17, 15) is 9.90 Å². The number of nitrogens with zero attached hydrogens (tertiary/aromatic N) is 2. The second-order valence-electron chi connectivity index (χ2n) is 8.43. The SMILES string of the molecule is Cc1ccc(Nc2cccc3c2CCN(CC(O)CO)C3=O)cc1-c1nc2ccccc2[nH]1. The van der Waals surface area contributed by atoms with Gasteiger partial charge in [-0.15, -0.1) is 0 Å². The quantitative estimate of drug-likeness (QED) is 0.365. The highest BCUT2D eigenvalue weighted by Crippen LogP contribution is 2.31. The number of β-amino-alcohol motifs (C(OH)–C–C–N with tert-alkyl or cyclic N) is 1. The smallest absolute Gasteiger partial charge is 0.254 e. The Labute approximate surface area is 191 Å². The molecule has 1 aromatic heterocycles. The van der Waals surface area contributed by atoms with Crippen molar-refractivity contribution >= 4 is 28.3 Å². The zero-order valence-electron chi connectivity index (χ0n) is 18.4. The summed E-state index contributed by atoms with van der Waals surface area (Å²) in [5, 5.41) is 22.4. The molecule has 0 radical (unpaired) electrons. The number of aliphatic hydroxyl groups excluding tert-OH is 2. The Morgan fingerprint density at radius 1 is 1.12 bits per heavy atom. The van der Waals surface area contributed by atoms with Gasteiger partial charge in [0, 0.05) is 35.6 Å². The number of aryl methyl sites for hydroxylation is 1. The standard InChI is InChI=1S/C26H26N4O3/c1-16-9-10-17(13-21(16)25-28-23-6-2-3-7-24(23)29-25)27-22-8-4-5-20-19(22)11-12-30(26(20)33)14-18(32)15-31/h2-10,13,18,27,31-32H,11-12,14-15H2,1H3,(H,28,29). The van der Waals surface area contributed by atoms with Crippen molar-refractivity contribution in [1.82, 2.24) is 14.9 Å². The fourth-order valence-corrected chi connectivity index (χ4v) is 4.37. The lowest BCUT2D eigenvalue weighted by atomic mass is 9.96. The Balaban J connectivity index is 1.44. The van der Waals surface area contributed by atoms with Crippen LogP contribution in [-0.2, 0) is 6.42 Å². The summed E-state index contributed by atoms with van der Waals surface area (Å²) in [4.78, 5) is 22.7. The number of aromatic nitrogens is 2. The first kappa shape index (κ1) is 21.2. The summed E-state index contributed by atoms with van der Waals surface area (Å²) in [6.45, 7) is 2.33. The Hall–Kier alpha value is -3.68. The number of amides is 1. The Morgan fingerprint density at radius 2 is 1.97 bits per heavy atom. The number of hydrogen-bond donors (Lipinski definition) is 4. The molecule has 4 N–H and O–H groups in total. The third-order valence-electron chi connectivity index (χ3n) is 6.13. The highest BCUT2D eigenvalue weighted by Gasteiger charge is 2.27. The van der Waals surface area contributed by atoms with Crippen molar-refractivity contribution in [2.75, 3.05) is 25.0 Å². The van der Waals surface area contributed by atoms with Crippen molar-refractivity contribution in [1.29, 1.82) is 0 Å². The van der Waals surface area contributed by atoms with Crippen LogP contribution in [0.4, 0.5) is 11.4 Å². The maximum Gasteiger partial charge on any atom is 0.254 e. The van der Waals surface area contributed by atoms with Crippen LogP contribution in [0.5, 0.6) is 0 Å². The average molecular weight is 443 g/mol. The number of H-pyrrole nitrogens is 1. The van der Waals surface area contributed by atoms with E-state index in [0.29, 0.717) is 18.5 Å². The van der Waals surface area contributed by atoms with Crippen LogP contribution < -0.4 is 5.32 Å². The number of carbonyl (C=O) groups excluding carboxylic acids is 1. The van der Waals surface area contributed by atoms with Gasteiger partial charge in [-0.3, -0.25) is 4.79 Å². The molecular weight excluding hydrogens is 416 g/mol. The Kier molecular flexibility index (Phi) is 5.58. The van der Waals surface area contributed by atoms with Crippen LogP contribution in [0.25, 0.3) is 22.4 Å². The zero-order valence-corrected chi connectivity index (χ0v) is 18.4. The predicted molar refractivity (Wildman–Crippen MR) is 129 cm³/mol. The molecule has 0 spiro atoms. The molecule has 1 atom stereocenters. The topological polar surface area (TPSA) is 101 Å². The summed E-state index contributed by atoms with van der Waals surface area (Å²) < 4.78 is 0. The molecule has 1 aliphatic heterocycles. The van der Waals surface area contributed by atoms with E-state index in [1.165, 1.54) is 0 Å². The van der Waals surface area contributed by atoms with Gasteiger partial charge >= 0.3 is 0 Å². The van der Waals surface area contributed by atoms with Crippen LogP contribution in [-0.4, -0.2) is 56.8 Å². The Morgan fingerprint density at radius 3 is 2.79 bits per heavy atom. The molecule has 33 heavy (non-hydrogen) atoms. The van der Waals surface area contributed by atoms with Gasteiger partial charge in [-0.25, -0.2) is 4.98 Å². The van der Waals surface area contributed by atoms with Crippen LogP contribution in [0.2, 0.25) is 0 Å². The molecule has 7 nitrogen and oxygen atoms in total. The first-order chi connectivity index (χ1) is 16.0. The van der Waals surface area contributed by atoms with Gasteiger partial charge in [0.25, 0.3) is 5.91 Å². The number of fused-ring (bicyclic) bond motifs is 2. The second kappa shape index (κ2) is 8.69. The molecule has 1 aliphatic rings. The lowest BCUT2D eigenvalue weighted by Crippen LogP contribution is -2.43. The maximum absolute atomic E-state index is 12.9. The number of anilines is 2. The van der Waals surface area contributed by atoms with Crippen molar-refractivity contribution < 1.29 is 15.0 Å². The largest absolute Gasteiger partial charge is 0.394 e. The molecule has 0 aliphatic carbocycles. The van der Waals surface area contributed by atoms with E-state index < -0.39 is 6.10 Å². The minimum Gasteiger partial charge on any atom is -0.394 e. The van der Waals surface area contributed by atoms with E-state index in [4.69, 9.17) is 10.1 Å². The van der Waals surface area contributed by atoms with Gasteiger partial charge in [0.2, 0.25) is 0 Å². The van der Waals surface area contributed by atoms with E-state index in [-0.39, 0.29) is 19.1 Å². The van der Waals surface area contributed by atoms with E-state index >= 15 is 0 Å². The monoisotopic (exact) mass is 442 g/mol. The van der Waals surface area contributed by atoms with Crippen LogP contribution in [0.1, 0.15) is 21.5 Å². The number of hydrogen-bond acceptors (Lipinski definition) is 5. The lowest BCUT2D eigenvalue weighted by molar-refractivity contribution is 0.0445. The minimum absolute atomic E-state index is 0.126. The number of aliphatic hydroxyl groups is 2. The third-order valence-corrected chi connectivity index (χ3v) is 6.13. The number of carbonyl (C=O) groups is 1. The van der Waals surface area contributed by atoms with Crippen LogP contribution in [0.15, 0.2) is 60.7 Å². The summed E-state index contributed by atoms with van der Waals surface area (Å²) in [6, 6.07) is 19.8. The number of imidazole rings is 1. The van der Waals surface area contributed by atoms with Gasteiger partial charge in [-0.1, -0.05) is 24.3 Å². The van der Waals surface area contributed by atoms with Crippen LogP contribution in [0.3, 0.4) is 0 Å².